The third kappa shape index (κ3) is 5.30. The van der Waals surface area contributed by atoms with E-state index in [0.717, 1.165) is 24.0 Å². The smallest absolute Gasteiger partial charge is 0.185 e. The highest BCUT2D eigenvalue weighted by Gasteiger charge is 2.32. The molecule has 0 aliphatic rings. The van der Waals surface area contributed by atoms with Crippen LogP contribution in [0, 0.1) is 0 Å². The fourth-order valence-electron chi connectivity index (χ4n) is 3.41. The van der Waals surface area contributed by atoms with E-state index in [1.54, 1.807) is 18.2 Å². The Labute approximate surface area is 186 Å². The largest absolute Gasteiger partial charge is 0.508 e. The topological polar surface area (TPSA) is 66.8 Å². The molecule has 0 atom stereocenters. The molecule has 2 N–H and O–H groups in total. The molecule has 2 rings (SSSR count). The molecule has 0 radical (unpaired) electrons. The van der Waals surface area contributed by atoms with E-state index in [0.29, 0.717) is 23.5 Å². The summed E-state index contributed by atoms with van der Waals surface area (Å²) >= 11 is 0. The summed E-state index contributed by atoms with van der Waals surface area (Å²) in [6, 6.07) is 8.19. The molecule has 4 heteroatoms. The predicted molar refractivity (Wildman–Crippen MR) is 127 cm³/mol. The maximum Gasteiger partial charge on any atom is 0.185 e. The van der Waals surface area contributed by atoms with Crippen LogP contribution in [-0.2, 0) is 10.8 Å². The van der Waals surface area contributed by atoms with Crippen LogP contribution in [0.1, 0.15) is 88.4 Å². The molecule has 0 aromatic heterocycles. The first-order valence-electron chi connectivity index (χ1n) is 11.0. The van der Waals surface area contributed by atoms with Crippen LogP contribution in [0.4, 0.5) is 0 Å². The number of carbonyl (C=O) groups is 1. The number of ether oxygens (including phenoxy) is 1. The Hall–Kier alpha value is -2.75. The van der Waals surface area contributed by atoms with Gasteiger partial charge >= 0.3 is 0 Å². The molecule has 31 heavy (non-hydrogen) atoms. The van der Waals surface area contributed by atoms with Crippen LogP contribution in [-0.4, -0.2) is 22.6 Å². The minimum absolute atomic E-state index is 0.109. The predicted octanol–water partition coefficient (Wildman–Crippen LogP) is 6.77. The van der Waals surface area contributed by atoms with Gasteiger partial charge in [0.15, 0.2) is 5.78 Å². The summed E-state index contributed by atoms with van der Waals surface area (Å²) < 4.78 is 6.04. The highest BCUT2D eigenvalue weighted by Crippen LogP contribution is 2.47. The Bertz CT molecular complexity index is 950. The Balaban J connectivity index is 2.72. The van der Waals surface area contributed by atoms with Crippen molar-refractivity contribution in [2.75, 3.05) is 6.61 Å². The Kier molecular flexibility index (Phi) is 7.58. The normalized spacial score (nSPS) is 12.4. The lowest BCUT2D eigenvalue weighted by Gasteiger charge is -2.32. The first-order valence-corrected chi connectivity index (χ1v) is 11.0. The first-order chi connectivity index (χ1) is 14.5. The molecule has 0 saturated carbocycles. The van der Waals surface area contributed by atoms with Gasteiger partial charge in [0.25, 0.3) is 0 Å². The van der Waals surface area contributed by atoms with Gasteiger partial charge in [0.1, 0.15) is 17.2 Å². The van der Waals surface area contributed by atoms with E-state index in [1.165, 1.54) is 18.2 Å². The van der Waals surface area contributed by atoms with E-state index in [-0.39, 0.29) is 28.1 Å². The van der Waals surface area contributed by atoms with Gasteiger partial charge in [-0.05, 0) is 73.1 Å². The van der Waals surface area contributed by atoms with E-state index in [4.69, 9.17) is 4.74 Å². The molecule has 0 fully saturated rings. The summed E-state index contributed by atoms with van der Waals surface area (Å²) in [5, 5.41) is 20.7. The Morgan fingerprint density at radius 2 is 1.48 bits per heavy atom. The lowest BCUT2D eigenvalue weighted by molar-refractivity contribution is 0.104. The molecule has 0 saturated heterocycles. The molecule has 0 amide bonds. The van der Waals surface area contributed by atoms with Crippen LogP contribution >= 0.6 is 0 Å². The zero-order valence-corrected chi connectivity index (χ0v) is 19.9. The van der Waals surface area contributed by atoms with Crippen molar-refractivity contribution in [1.82, 2.24) is 0 Å². The van der Waals surface area contributed by atoms with E-state index >= 15 is 0 Å². The summed E-state index contributed by atoms with van der Waals surface area (Å²) in [7, 11) is 0. The molecule has 2 aromatic carbocycles. The van der Waals surface area contributed by atoms with Gasteiger partial charge in [0.2, 0.25) is 0 Å². The zero-order valence-electron chi connectivity index (χ0n) is 19.9. The third-order valence-electron chi connectivity index (χ3n) is 6.36. The molecule has 168 valence electrons. The lowest BCUT2D eigenvalue weighted by Crippen LogP contribution is -2.22. The summed E-state index contributed by atoms with van der Waals surface area (Å²) in [5.74, 6) is 0.675. The number of hydrogen-bond donors (Lipinski definition) is 2. The fraction of sp³-hybridized carbons (Fsp3) is 0.444. The minimum atomic E-state index is -0.239. The quantitative estimate of drug-likeness (QED) is 0.344. The van der Waals surface area contributed by atoms with Crippen LogP contribution in [0.25, 0.3) is 6.08 Å². The van der Waals surface area contributed by atoms with Crippen molar-refractivity contribution < 1.29 is 19.7 Å². The average Bonchev–Trinajstić information content (AvgIpc) is 2.73. The molecule has 0 heterocycles. The lowest BCUT2D eigenvalue weighted by atomic mass is 9.74. The number of hydrogen-bond acceptors (Lipinski definition) is 4. The van der Waals surface area contributed by atoms with Crippen molar-refractivity contribution in [1.29, 1.82) is 0 Å². The van der Waals surface area contributed by atoms with E-state index in [9.17, 15) is 15.0 Å². The molecule has 0 aliphatic heterocycles. The van der Waals surface area contributed by atoms with Crippen molar-refractivity contribution in [3.63, 3.8) is 0 Å². The number of carbonyl (C=O) groups excluding carboxylic acids is 1. The van der Waals surface area contributed by atoms with Gasteiger partial charge in [0, 0.05) is 16.7 Å². The summed E-state index contributed by atoms with van der Waals surface area (Å²) in [5.41, 5.74) is 2.47. The van der Waals surface area contributed by atoms with Crippen LogP contribution in [0.5, 0.6) is 17.2 Å². The highest BCUT2D eigenvalue weighted by molar-refractivity contribution is 6.07. The van der Waals surface area contributed by atoms with E-state index < -0.39 is 0 Å². The second-order valence-electron chi connectivity index (χ2n) is 9.22. The Morgan fingerprint density at radius 1 is 0.935 bits per heavy atom. The standard InChI is InChI=1S/C27H36O4/c1-8-26(4,5)21-17-22(27(6,7)9-2)25(31-10-3)20(24(21)30)15-16-23(29)18-11-13-19(28)14-12-18/h11-17,28,30H,8-10H2,1-7H3. The van der Waals surface area contributed by atoms with Crippen molar-refractivity contribution in [3.8, 4) is 17.2 Å². The van der Waals surface area contributed by atoms with Gasteiger partial charge in [-0.3, -0.25) is 4.79 Å². The number of aromatic hydroxyl groups is 2. The van der Waals surface area contributed by atoms with E-state index in [1.807, 2.05) is 6.92 Å². The molecular formula is C27H36O4. The Morgan fingerprint density at radius 3 is 2.00 bits per heavy atom. The third-order valence-corrected chi connectivity index (χ3v) is 6.36. The molecular weight excluding hydrogens is 388 g/mol. The molecule has 0 bridgehead atoms. The van der Waals surface area contributed by atoms with Crippen LogP contribution in [0.2, 0.25) is 0 Å². The van der Waals surface area contributed by atoms with Gasteiger partial charge in [-0.15, -0.1) is 0 Å². The fourth-order valence-corrected chi connectivity index (χ4v) is 3.41. The molecule has 2 aromatic rings. The van der Waals surface area contributed by atoms with Gasteiger partial charge in [0.05, 0.1) is 12.2 Å². The van der Waals surface area contributed by atoms with Gasteiger partial charge in [-0.2, -0.15) is 0 Å². The van der Waals surface area contributed by atoms with Gasteiger partial charge < -0.3 is 14.9 Å². The number of rotatable bonds is 9. The first kappa shape index (κ1) is 24.5. The highest BCUT2D eigenvalue weighted by atomic mass is 16.5. The molecule has 4 nitrogen and oxygen atoms in total. The molecule has 0 aliphatic carbocycles. The van der Waals surface area contributed by atoms with Crippen molar-refractivity contribution in [2.24, 2.45) is 0 Å². The number of phenols is 2. The molecule has 0 unspecified atom stereocenters. The number of benzene rings is 2. The summed E-state index contributed by atoms with van der Waals surface area (Å²) in [6.45, 7) is 15.2. The van der Waals surface area contributed by atoms with Gasteiger partial charge in [-0.1, -0.05) is 41.5 Å². The summed E-state index contributed by atoms with van der Waals surface area (Å²) in [4.78, 5) is 12.7. The monoisotopic (exact) mass is 424 g/mol. The van der Waals surface area contributed by atoms with E-state index in [2.05, 4.69) is 47.6 Å². The van der Waals surface area contributed by atoms with Crippen molar-refractivity contribution in [3.05, 3.63) is 58.7 Å². The van der Waals surface area contributed by atoms with Crippen molar-refractivity contribution in [2.45, 2.75) is 72.1 Å². The van der Waals surface area contributed by atoms with Gasteiger partial charge in [-0.25, -0.2) is 0 Å². The maximum atomic E-state index is 12.7. The summed E-state index contributed by atoms with van der Waals surface area (Å²) in [6.07, 6.45) is 4.87. The number of phenolic OH excluding ortho intramolecular Hbond substituents is 2. The van der Waals surface area contributed by atoms with Crippen LogP contribution < -0.4 is 4.74 Å². The number of allylic oxidation sites excluding steroid dienone is 1. The zero-order chi connectivity index (χ0) is 23.4. The minimum Gasteiger partial charge on any atom is -0.508 e. The van der Waals surface area contributed by atoms with Crippen molar-refractivity contribution >= 4 is 11.9 Å². The van der Waals surface area contributed by atoms with Crippen LogP contribution in [0.15, 0.2) is 36.4 Å². The molecule has 0 spiro atoms. The second-order valence-corrected chi connectivity index (χ2v) is 9.22. The van der Waals surface area contributed by atoms with Crippen LogP contribution in [0.3, 0.4) is 0 Å². The average molecular weight is 425 g/mol. The second kappa shape index (κ2) is 9.59. The number of ketones is 1. The SMILES string of the molecule is CCOc1c(C(C)(C)CC)cc(C(C)(C)CC)c(O)c1C=CC(=O)c1ccc(O)cc1. The maximum absolute atomic E-state index is 12.7.